The van der Waals surface area contributed by atoms with Gasteiger partial charge in [-0.1, -0.05) is 17.8 Å². The minimum Gasteiger partial charge on any atom is -0.397 e. The number of aromatic nitrogens is 1. The van der Waals surface area contributed by atoms with Gasteiger partial charge in [-0.25, -0.2) is 4.98 Å². The van der Waals surface area contributed by atoms with Crippen LogP contribution in [-0.2, 0) is 4.79 Å². The molecule has 1 aromatic heterocycles. The molecule has 0 atom stereocenters. The van der Waals surface area contributed by atoms with E-state index in [2.05, 4.69) is 16.9 Å². The highest BCUT2D eigenvalue weighted by Crippen LogP contribution is 2.20. The lowest BCUT2D eigenvalue weighted by molar-refractivity contribution is -0.118. The molecule has 4 nitrogen and oxygen atoms in total. The summed E-state index contributed by atoms with van der Waals surface area (Å²) in [4.78, 5) is 15.3. The number of nitrogens with two attached hydrogens (primary N) is 1. The van der Waals surface area contributed by atoms with Crippen molar-refractivity contribution in [1.29, 1.82) is 0 Å². The van der Waals surface area contributed by atoms with Crippen molar-refractivity contribution in [1.82, 2.24) is 10.3 Å². The van der Waals surface area contributed by atoms with E-state index in [0.29, 0.717) is 23.0 Å². The van der Waals surface area contributed by atoms with Crippen LogP contribution in [0.15, 0.2) is 36.0 Å². The fourth-order valence-corrected chi connectivity index (χ4v) is 1.63. The van der Waals surface area contributed by atoms with Crippen molar-refractivity contribution in [3.63, 3.8) is 0 Å². The van der Waals surface area contributed by atoms with Crippen molar-refractivity contribution in [2.24, 2.45) is 0 Å². The Hall–Kier alpha value is -1.49. The minimum absolute atomic E-state index is 0.0510. The molecule has 5 heteroatoms. The maximum absolute atomic E-state index is 11.2. The average molecular weight is 223 g/mol. The molecule has 1 heterocycles. The molecule has 0 bridgehead atoms. The summed E-state index contributed by atoms with van der Waals surface area (Å²) in [6.07, 6.45) is 3.29. The highest BCUT2D eigenvalue weighted by atomic mass is 32.2. The van der Waals surface area contributed by atoms with E-state index >= 15 is 0 Å². The summed E-state index contributed by atoms with van der Waals surface area (Å²) >= 11 is 1.32. The number of nitrogen functional groups attached to an aromatic ring is 1. The first-order chi connectivity index (χ1) is 7.24. The molecule has 0 spiro atoms. The number of pyridine rings is 1. The summed E-state index contributed by atoms with van der Waals surface area (Å²) in [5.41, 5.74) is 6.27. The lowest BCUT2D eigenvalue weighted by Gasteiger charge is -2.03. The molecule has 0 saturated carbocycles. The molecule has 15 heavy (non-hydrogen) atoms. The van der Waals surface area contributed by atoms with E-state index in [1.165, 1.54) is 11.8 Å². The molecule has 0 aromatic carbocycles. The lowest BCUT2D eigenvalue weighted by atomic mass is 10.4. The second-order valence-electron chi connectivity index (χ2n) is 2.78. The molecule has 0 saturated heterocycles. The van der Waals surface area contributed by atoms with Crippen LogP contribution in [0.4, 0.5) is 5.69 Å². The predicted octanol–water partition coefficient (Wildman–Crippen LogP) is 1.06. The lowest BCUT2D eigenvalue weighted by Crippen LogP contribution is -2.24. The molecule has 0 aliphatic rings. The number of carbonyl (C=O) groups is 1. The van der Waals surface area contributed by atoms with E-state index in [1.54, 1.807) is 24.4 Å². The first-order valence-corrected chi connectivity index (χ1v) is 5.43. The summed E-state index contributed by atoms with van der Waals surface area (Å²) in [5, 5.41) is 3.36. The first-order valence-electron chi connectivity index (χ1n) is 4.45. The van der Waals surface area contributed by atoms with Crippen molar-refractivity contribution >= 4 is 23.4 Å². The first kappa shape index (κ1) is 11.6. The van der Waals surface area contributed by atoms with Gasteiger partial charge < -0.3 is 11.1 Å². The zero-order chi connectivity index (χ0) is 11.1. The monoisotopic (exact) mass is 223 g/mol. The zero-order valence-corrected chi connectivity index (χ0v) is 9.09. The fraction of sp³-hybridized carbons (Fsp3) is 0.200. The second kappa shape index (κ2) is 6.08. The average Bonchev–Trinajstić information content (AvgIpc) is 2.25. The molecule has 0 fully saturated rings. The van der Waals surface area contributed by atoms with Crippen molar-refractivity contribution in [3.8, 4) is 0 Å². The van der Waals surface area contributed by atoms with Gasteiger partial charge in [-0.15, -0.1) is 6.58 Å². The van der Waals surface area contributed by atoms with Gasteiger partial charge >= 0.3 is 0 Å². The summed E-state index contributed by atoms with van der Waals surface area (Å²) in [7, 11) is 0. The third kappa shape index (κ3) is 4.03. The van der Waals surface area contributed by atoms with E-state index in [0.717, 1.165) is 0 Å². The van der Waals surface area contributed by atoms with E-state index in [9.17, 15) is 4.79 Å². The Bertz CT molecular complexity index is 354. The molecular formula is C10H13N3OS. The third-order valence-electron chi connectivity index (χ3n) is 1.58. The van der Waals surface area contributed by atoms with Gasteiger partial charge in [0.1, 0.15) is 5.03 Å². The number of hydrogen-bond donors (Lipinski definition) is 2. The Morgan fingerprint density at radius 2 is 2.53 bits per heavy atom. The van der Waals surface area contributed by atoms with E-state index in [4.69, 9.17) is 5.73 Å². The van der Waals surface area contributed by atoms with E-state index in [-0.39, 0.29) is 5.91 Å². The van der Waals surface area contributed by atoms with Crippen molar-refractivity contribution in [2.75, 3.05) is 18.0 Å². The van der Waals surface area contributed by atoms with Gasteiger partial charge in [-0.2, -0.15) is 0 Å². The van der Waals surface area contributed by atoms with Gasteiger partial charge in [-0.05, 0) is 12.1 Å². The van der Waals surface area contributed by atoms with Crippen LogP contribution in [0, 0.1) is 0 Å². The number of carbonyl (C=O) groups excluding carboxylic acids is 1. The molecule has 0 unspecified atom stereocenters. The number of nitrogens with zero attached hydrogens (tertiary/aromatic N) is 1. The molecule has 3 N–H and O–H groups in total. The fourth-order valence-electron chi connectivity index (χ4n) is 0.895. The largest absolute Gasteiger partial charge is 0.397 e. The van der Waals surface area contributed by atoms with Gasteiger partial charge in [-0.3, -0.25) is 4.79 Å². The van der Waals surface area contributed by atoms with Gasteiger partial charge in [0, 0.05) is 12.7 Å². The summed E-state index contributed by atoms with van der Waals surface area (Å²) < 4.78 is 0. The number of hydrogen-bond acceptors (Lipinski definition) is 4. The van der Waals surface area contributed by atoms with Crippen LogP contribution in [0.3, 0.4) is 0 Å². The van der Waals surface area contributed by atoms with Crippen LogP contribution in [0.1, 0.15) is 0 Å². The Morgan fingerprint density at radius 1 is 1.73 bits per heavy atom. The number of nitrogens with one attached hydrogen (secondary N) is 1. The molecular weight excluding hydrogens is 210 g/mol. The highest BCUT2D eigenvalue weighted by Gasteiger charge is 2.04. The maximum atomic E-state index is 11.2. The minimum atomic E-state index is -0.0510. The standard InChI is InChI=1S/C10H13N3OS/c1-2-5-12-9(14)7-15-10-8(11)4-3-6-13-10/h2-4,6H,1,5,7,11H2,(H,12,14). The van der Waals surface area contributed by atoms with Crippen LogP contribution >= 0.6 is 11.8 Å². The Balaban J connectivity index is 2.40. The Labute approximate surface area is 93.0 Å². The predicted molar refractivity (Wildman–Crippen MR) is 62.6 cm³/mol. The van der Waals surface area contributed by atoms with Crippen molar-refractivity contribution < 1.29 is 4.79 Å². The summed E-state index contributed by atoms with van der Waals surface area (Å²) in [6.45, 7) is 3.99. The van der Waals surface area contributed by atoms with Crippen LogP contribution in [0.25, 0.3) is 0 Å². The molecule has 0 aliphatic heterocycles. The Morgan fingerprint density at radius 3 is 3.20 bits per heavy atom. The van der Waals surface area contributed by atoms with Crippen LogP contribution < -0.4 is 11.1 Å². The van der Waals surface area contributed by atoms with E-state index < -0.39 is 0 Å². The molecule has 1 aromatic rings. The topological polar surface area (TPSA) is 68.0 Å². The molecule has 0 radical (unpaired) electrons. The number of thioether (sulfide) groups is 1. The zero-order valence-electron chi connectivity index (χ0n) is 8.27. The van der Waals surface area contributed by atoms with Crippen LogP contribution in [0.5, 0.6) is 0 Å². The number of amides is 1. The van der Waals surface area contributed by atoms with Gasteiger partial charge in [0.15, 0.2) is 0 Å². The third-order valence-corrected chi connectivity index (χ3v) is 2.61. The smallest absolute Gasteiger partial charge is 0.230 e. The molecule has 0 aliphatic carbocycles. The van der Waals surface area contributed by atoms with Crippen LogP contribution in [0.2, 0.25) is 0 Å². The molecule has 1 rings (SSSR count). The van der Waals surface area contributed by atoms with Gasteiger partial charge in [0.2, 0.25) is 5.91 Å². The summed E-state index contributed by atoms with van der Waals surface area (Å²) in [6, 6.07) is 3.52. The molecule has 80 valence electrons. The normalized spacial score (nSPS) is 9.60. The summed E-state index contributed by atoms with van der Waals surface area (Å²) in [5.74, 6) is 0.264. The van der Waals surface area contributed by atoms with Crippen molar-refractivity contribution in [3.05, 3.63) is 31.0 Å². The van der Waals surface area contributed by atoms with E-state index in [1.807, 2.05) is 0 Å². The van der Waals surface area contributed by atoms with Gasteiger partial charge in [0.25, 0.3) is 0 Å². The quantitative estimate of drug-likeness (QED) is 0.578. The van der Waals surface area contributed by atoms with Gasteiger partial charge in [0.05, 0.1) is 11.4 Å². The number of rotatable bonds is 5. The second-order valence-corrected chi connectivity index (χ2v) is 3.74. The van der Waals surface area contributed by atoms with Crippen LogP contribution in [-0.4, -0.2) is 23.2 Å². The van der Waals surface area contributed by atoms with Crippen molar-refractivity contribution in [2.45, 2.75) is 5.03 Å². The SMILES string of the molecule is C=CCNC(=O)CSc1ncccc1N. The molecule has 1 amide bonds. The maximum Gasteiger partial charge on any atom is 0.230 e. The number of anilines is 1. The highest BCUT2D eigenvalue weighted by molar-refractivity contribution is 8.00. The Kier molecular flexibility index (Phi) is 4.70.